The van der Waals surface area contributed by atoms with Crippen LogP contribution in [-0.2, 0) is 9.47 Å². The van der Waals surface area contributed by atoms with Crippen molar-refractivity contribution >= 4 is 6.03 Å². The number of hydrogen-bond acceptors (Lipinski definition) is 3. The third kappa shape index (κ3) is 5.59. The Morgan fingerprint density at radius 1 is 1.60 bits per heavy atom. The molecule has 1 fully saturated rings. The zero-order valence-electron chi connectivity index (χ0n) is 9.25. The van der Waals surface area contributed by atoms with Crippen molar-refractivity contribution in [1.82, 2.24) is 10.6 Å². The Bertz CT molecular complexity index is 182. The fourth-order valence-electron chi connectivity index (χ4n) is 1.41. The molecule has 0 aliphatic carbocycles. The van der Waals surface area contributed by atoms with Crippen LogP contribution in [0.2, 0.25) is 0 Å². The third-order valence-corrected chi connectivity index (χ3v) is 2.22. The van der Waals surface area contributed by atoms with Gasteiger partial charge in [0.25, 0.3) is 0 Å². The van der Waals surface area contributed by atoms with Crippen molar-refractivity contribution in [2.75, 3.05) is 33.0 Å². The van der Waals surface area contributed by atoms with Crippen LogP contribution in [0, 0.1) is 0 Å². The van der Waals surface area contributed by atoms with E-state index in [2.05, 4.69) is 10.6 Å². The van der Waals surface area contributed by atoms with E-state index in [9.17, 15) is 4.79 Å². The van der Waals surface area contributed by atoms with Gasteiger partial charge in [0, 0.05) is 26.4 Å². The number of ether oxygens (including phenoxy) is 2. The fourth-order valence-corrected chi connectivity index (χ4v) is 1.41. The second-order valence-corrected chi connectivity index (χ2v) is 3.51. The molecule has 2 N–H and O–H groups in total. The first kappa shape index (κ1) is 12.3. The fraction of sp³-hybridized carbons (Fsp3) is 0.900. The monoisotopic (exact) mass is 216 g/mol. The number of carbonyl (C=O) groups is 1. The van der Waals surface area contributed by atoms with Crippen molar-refractivity contribution in [2.24, 2.45) is 0 Å². The quantitative estimate of drug-likeness (QED) is 0.636. The van der Waals surface area contributed by atoms with Gasteiger partial charge < -0.3 is 20.1 Å². The molecule has 1 saturated heterocycles. The number of urea groups is 1. The number of rotatable bonds is 6. The number of amides is 2. The predicted molar refractivity (Wildman–Crippen MR) is 56.9 cm³/mol. The topological polar surface area (TPSA) is 59.6 Å². The van der Waals surface area contributed by atoms with Crippen LogP contribution in [-0.4, -0.2) is 45.0 Å². The molecule has 1 rings (SSSR count). The van der Waals surface area contributed by atoms with Gasteiger partial charge in [-0.3, -0.25) is 0 Å². The van der Waals surface area contributed by atoms with E-state index in [1.54, 1.807) is 0 Å². The van der Waals surface area contributed by atoms with E-state index < -0.39 is 0 Å². The summed E-state index contributed by atoms with van der Waals surface area (Å²) >= 11 is 0. The summed E-state index contributed by atoms with van der Waals surface area (Å²) in [5.41, 5.74) is 0. The van der Waals surface area contributed by atoms with Crippen molar-refractivity contribution in [1.29, 1.82) is 0 Å². The Labute approximate surface area is 90.5 Å². The van der Waals surface area contributed by atoms with E-state index in [1.807, 2.05) is 6.92 Å². The summed E-state index contributed by atoms with van der Waals surface area (Å²) in [7, 11) is 0. The lowest BCUT2D eigenvalue weighted by atomic mass is 10.3. The smallest absolute Gasteiger partial charge is 0.315 e. The average molecular weight is 216 g/mol. The van der Waals surface area contributed by atoms with Gasteiger partial charge in [0.1, 0.15) is 0 Å². The standard InChI is InChI=1S/C10H20N2O3/c1-2-14-6-3-5-11-10(13)12-9-4-7-15-8-9/h9H,2-8H2,1H3,(H2,11,12,13). The highest BCUT2D eigenvalue weighted by molar-refractivity contribution is 5.74. The van der Waals surface area contributed by atoms with Gasteiger partial charge in [-0.15, -0.1) is 0 Å². The van der Waals surface area contributed by atoms with Gasteiger partial charge >= 0.3 is 6.03 Å². The van der Waals surface area contributed by atoms with Crippen LogP contribution in [0.1, 0.15) is 19.8 Å². The lowest BCUT2D eigenvalue weighted by Gasteiger charge is -2.11. The lowest BCUT2D eigenvalue weighted by molar-refractivity contribution is 0.145. The van der Waals surface area contributed by atoms with Gasteiger partial charge in [0.05, 0.1) is 12.6 Å². The van der Waals surface area contributed by atoms with E-state index >= 15 is 0 Å². The summed E-state index contributed by atoms with van der Waals surface area (Å²) in [6.07, 6.45) is 1.76. The number of nitrogens with one attached hydrogen (secondary N) is 2. The van der Waals surface area contributed by atoms with E-state index in [0.717, 1.165) is 26.1 Å². The lowest BCUT2D eigenvalue weighted by Crippen LogP contribution is -2.42. The van der Waals surface area contributed by atoms with Gasteiger partial charge in [-0.25, -0.2) is 4.79 Å². The molecule has 0 bridgehead atoms. The normalized spacial score (nSPS) is 20.2. The Hall–Kier alpha value is -0.810. The molecular weight excluding hydrogens is 196 g/mol. The third-order valence-electron chi connectivity index (χ3n) is 2.22. The Kier molecular flexibility index (Phi) is 6.11. The second-order valence-electron chi connectivity index (χ2n) is 3.51. The molecule has 0 spiro atoms. The maximum Gasteiger partial charge on any atom is 0.315 e. The highest BCUT2D eigenvalue weighted by Crippen LogP contribution is 2.02. The Balaban J connectivity index is 1.93. The molecule has 1 unspecified atom stereocenters. The first-order valence-corrected chi connectivity index (χ1v) is 5.52. The minimum atomic E-state index is -0.109. The molecule has 1 aliphatic rings. The van der Waals surface area contributed by atoms with Crippen LogP contribution in [0.5, 0.6) is 0 Å². The van der Waals surface area contributed by atoms with Gasteiger partial charge in [-0.2, -0.15) is 0 Å². The van der Waals surface area contributed by atoms with Crippen molar-refractivity contribution in [3.8, 4) is 0 Å². The summed E-state index contributed by atoms with van der Waals surface area (Å²) in [6.45, 7) is 5.41. The molecule has 1 atom stereocenters. The van der Waals surface area contributed by atoms with Gasteiger partial charge in [0.2, 0.25) is 0 Å². The Morgan fingerprint density at radius 3 is 3.13 bits per heavy atom. The van der Waals surface area contributed by atoms with E-state index in [4.69, 9.17) is 9.47 Å². The number of hydrogen-bond donors (Lipinski definition) is 2. The minimum absolute atomic E-state index is 0.109. The Morgan fingerprint density at radius 2 is 2.47 bits per heavy atom. The van der Waals surface area contributed by atoms with Gasteiger partial charge in [-0.1, -0.05) is 0 Å². The van der Waals surface area contributed by atoms with Gasteiger partial charge in [0.15, 0.2) is 0 Å². The molecule has 0 aromatic heterocycles. The van der Waals surface area contributed by atoms with Crippen molar-refractivity contribution < 1.29 is 14.3 Å². The molecule has 5 heteroatoms. The highest BCUT2D eigenvalue weighted by atomic mass is 16.5. The van der Waals surface area contributed by atoms with E-state index in [1.165, 1.54) is 0 Å². The van der Waals surface area contributed by atoms with E-state index in [-0.39, 0.29) is 12.1 Å². The molecule has 2 amide bonds. The molecule has 1 aliphatic heterocycles. The minimum Gasteiger partial charge on any atom is -0.382 e. The number of carbonyl (C=O) groups excluding carboxylic acids is 1. The average Bonchev–Trinajstić information content (AvgIpc) is 2.70. The van der Waals surface area contributed by atoms with Crippen LogP contribution < -0.4 is 10.6 Å². The predicted octanol–water partition coefficient (Wildman–Crippen LogP) is 0.501. The maximum atomic E-state index is 11.3. The van der Waals surface area contributed by atoms with Crippen molar-refractivity contribution in [3.63, 3.8) is 0 Å². The zero-order valence-corrected chi connectivity index (χ0v) is 9.25. The maximum absolute atomic E-state index is 11.3. The molecule has 5 nitrogen and oxygen atoms in total. The molecule has 1 heterocycles. The van der Waals surface area contributed by atoms with Crippen LogP contribution in [0.25, 0.3) is 0 Å². The molecule has 0 aromatic carbocycles. The summed E-state index contributed by atoms with van der Waals surface area (Å²) in [6, 6.07) is 0.0684. The first-order chi connectivity index (χ1) is 7.33. The molecule has 0 radical (unpaired) electrons. The van der Waals surface area contributed by atoms with Crippen molar-refractivity contribution in [2.45, 2.75) is 25.8 Å². The van der Waals surface area contributed by atoms with E-state index in [0.29, 0.717) is 19.8 Å². The molecule has 0 saturated carbocycles. The molecular formula is C10H20N2O3. The molecule has 0 aromatic rings. The summed E-state index contributed by atoms with van der Waals surface area (Å²) in [5.74, 6) is 0. The molecule has 15 heavy (non-hydrogen) atoms. The molecule has 88 valence electrons. The van der Waals surface area contributed by atoms with Gasteiger partial charge in [-0.05, 0) is 19.8 Å². The van der Waals surface area contributed by atoms with Crippen LogP contribution in [0.3, 0.4) is 0 Å². The highest BCUT2D eigenvalue weighted by Gasteiger charge is 2.16. The second kappa shape index (κ2) is 7.48. The largest absolute Gasteiger partial charge is 0.382 e. The van der Waals surface area contributed by atoms with Crippen LogP contribution in [0.15, 0.2) is 0 Å². The summed E-state index contributed by atoms with van der Waals surface area (Å²) in [4.78, 5) is 11.3. The first-order valence-electron chi connectivity index (χ1n) is 5.52. The SMILES string of the molecule is CCOCCCNC(=O)NC1CCOC1. The van der Waals surface area contributed by atoms with Crippen molar-refractivity contribution in [3.05, 3.63) is 0 Å². The zero-order chi connectivity index (χ0) is 10.9. The summed E-state index contributed by atoms with van der Waals surface area (Å²) < 4.78 is 10.3. The summed E-state index contributed by atoms with van der Waals surface area (Å²) in [5, 5.41) is 5.64. The van der Waals surface area contributed by atoms with Crippen LogP contribution >= 0.6 is 0 Å². The van der Waals surface area contributed by atoms with Crippen LogP contribution in [0.4, 0.5) is 4.79 Å².